The maximum absolute atomic E-state index is 12.8. The van der Waals surface area contributed by atoms with Gasteiger partial charge in [0.25, 0.3) is 11.8 Å². The van der Waals surface area contributed by atoms with Crippen LogP contribution in [0, 0.1) is 5.92 Å². The maximum atomic E-state index is 12.8. The van der Waals surface area contributed by atoms with Crippen LogP contribution in [0.2, 0.25) is 0 Å². The molecule has 0 bridgehead atoms. The number of esters is 1. The van der Waals surface area contributed by atoms with Gasteiger partial charge in [0.15, 0.2) is 6.10 Å². The van der Waals surface area contributed by atoms with Crippen molar-refractivity contribution in [1.29, 1.82) is 0 Å². The number of aliphatic carboxylic acids is 1. The lowest BCUT2D eigenvalue weighted by Crippen LogP contribution is -2.61. The number of aliphatic hydroxyl groups excluding tert-OH is 3. The van der Waals surface area contributed by atoms with Crippen LogP contribution in [0.3, 0.4) is 0 Å². The minimum atomic E-state index is -1.95. The van der Waals surface area contributed by atoms with Crippen LogP contribution in [0.5, 0.6) is 5.75 Å². The molecule has 17 nitrogen and oxygen atoms in total. The minimum Gasteiger partial charge on any atom is -0.479 e. The second-order valence-corrected chi connectivity index (χ2v) is 10.2. The van der Waals surface area contributed by atoms with Crippen LogP contribution in [-0.4, -0.2) is 111 Å². The first-order valence-corrected chi connectivity index (χ1v) is 13.5. The van der Waals surface area contributed by atoms with Crippen molar-refractivity contribution in [3.63, 3.8) is 0 Å². The molecule has 2 heterocycles. The number of ether oxygens (including phenoxy) is 3. The third-order valence-electron chi connectivity index (χ3n) is 6.56. The van der Waals surface area contributed by atoms with Gasteiger partial charge in [0.2, 0.25) is 18.1 Å². The number of carboxylic acids is 1. The first kappa shape index (κ1) is 34.1. The fraction of sp³-hybridized carbons (Fsp3) is 0.481. The molecule has 1 aromatic rings. The van der Waals surface area contributed by atoms with Gasteiger partial charge in [-0.1, -0.05) is 19.9 Å². The van der Waals surface area contributed by atoms with Gasteiger partial charge in [-0.2, -0.15) is 0 Å². The molecule has 6 atom stereocenters. The van der Waals surface area contributed by atoms with Crippen LogP contribution in [0.25, 0.3) is 0 Å². The Morgan fingerprint density at radius 2 is 1.70 bits per heavy atom. The highest BCUT2D eigenvalue weighted by Gasteiger charge is 2.48. The summed E-state index contributed by atoms with van der Waals surface area (Å²) in [4.78, 5) is 73.2. The zero-order valence-corrected chi connectivity index (χ0v) is 23.7. The number of carbonyl (C=O) groups excluding carboxylic acids is 5. The van der Waals surface area contributed by atoms with Crippen molar-refractivity contribution >= 4 is 41.3 Å². The van der Waals surface area contributed by atoms with Crippen molar-refractivity contribution in [3.8, 4) is 5.75 Å². The molecule has 0 radical (unpaired) electrons. The number of imide groups is 1. The van der Waals surface area contributed by atoms with Gasteiger partial charge in [-0.05, 0) is 17.7 Å². The number of aliphatic hydroxyl groups is 3. The Labute approximate surface area is 250 Å². The van der Waals surface area contributed by atoms with E-state index >= 15 is 0 Å². The van der Waals surface area contributed by atoms with Gasteiger partial charge in [0, 0.05) is 31.7 Å². The van der Waals surface area contributed by atoms with Gasteiger partial charge in [-0.3, -0.25) is 28.9 Å². The lowest BCUT2D eigenvalue weighted by Gasteiger charge is -2.38. The molecule has 0 saturated carbocycles. The fourth-order valence-corrected chi connectivity index (χ4v) is 4.14. The summed E-state index contributed by atoms with van der Waals surface area (Å²) in [6.07, 6.45) is -7.80. The Balaban J connectivity index is 1.72. The van der Waals surface area contributed by atoms with E-state index in [1.807, 2.05) is 0 Å². The van der Waals surface area contributed by atoms with Gasteiger partial charge < -0.3 is 51.0 Å². The molecule has 8 N–H and O–H groups in total. The molecular formula is C27H34N4O13. The molecule has 1 fully saturated rings. The molecule has 4 amide bonds. The average molecular weight is 623 g/mol. The number of nitrogens with zero attached hydrogens (tertiary/aromatic N) is 1. The van der Waals surface area contributed by atoms with Gasteiger partial charge in [0.1, 0.15) is 36.7 Å². The predicted molar refractivity (Wildman–Crippen MR) is 146 cm³/mol. The Bertz CT molecular complexity index is 1300. The molecule has 2 aliphatic heterocycles. The van der Waals surface area contributed by atoms with Gasteiger partial charge >= 0.3 is 11.9 Å². The van der Waals surface area contributed by atoms with Crippen LogP contribution < -0.4 is 21.1 Å². The molecule has 1 aromatic carbocycles. The van der Waals surface area contributed by atoms with Crippen LogP contribution in [0.4, 0.5) is 5.69 Å². The second-order valence-electron chi connectivity index (χ2n) is 10.2. The minimum absolute atomic E-state index is 0.0399. The molecule has 0 aliphatic carbocycles. The molecule has 0 aromatic heterocycles. The number of anilines is 1. The van der Waals surface area contributed by atoms with E-state index in [4.69, 9.17) is 19.9 Å². The van der Waals surface area contributed by atoms with E-state index in [0.717, 1.165) is 12.2 Å². The zero-order valence-electron chi connectivity index (χ0n) is 23.7. The molecule has 17 heteroatoms. The number of hydrogen-bond donors (Lipinski definition) is 7. The lowest BCUT2D eigenvalue weighted by atomic mass is 9.99. The monoisotopic (exact) mass is 622 g/mol. The third kappa shape index (κ3) is 8.14. The van der Waals surface area contributed by atoms with Gasteiger partial charge in [-0.25, -0.2) is 4.79 Å². The zero-order chi connectivity index (χ0) is 32.7. The second kappa shape index (κ2) is 14.8. The first-order valence-electron chi connectivity index (χ1n) is 13.5. The fourth-order valence-electron chi connectivity index (χ4n) is 4.14. The van der Waals surface area contributed by atoms with Crippen molar-refractivity contribution in [2.24, 2.45) is 11.7 Å². The number of benzene rings is 1. The largest absolute Gasteiger partial charge is 0.479 e. The van der Waals surface area contributed by atoms with Crippen molar-refractivity contribution in [1.82, 2.24) is 10.2 Å². The normalized spacial score (nSPS) is 23.8. The smallest absolute Gasteiger partial charge is 0.335 e. The molecule has 5 unspecified atom stereocenters. The highest BCUT2D eigenvalue weighted by atomic mass is 16.7. The van der Waals surface area contributed by atoms with Crippen molar-refractivity contribution in [2.45, 2.75) is 63.6 Å². The Hall–Kier alpha value is -4.42. The molecule has 240 valence electrons. The van der Waals surface area contributed by atoms with E-state index in [-0.39, 0.29) is 37.6 Å². The summed E-state index contributed by atoms with van der Waals surface area (Å²) in [5.41, 5.74) is 5.94. The number of rotatable bonds is 13. The quantitative estimate of drug-likeness (QED) is 0.0876. The van der Waals surface area contributed by atoms with Crippen molar-refractivity contribution in [3.05, 3.63) is 35.9 Å². The number of nitrogens with two attached hydrogens (primary N) is 1. The summed E-state index contributed by atoms with van der Waals surface area (Å²) in [5.74, 6) is -5.50. The van der Waals surface area contributed by atoms with E-state index in [2.05, 4.69) is 10.6 Å². The highest BCUT2D eigenvalue weighted by Crippen LogP contribution is 2.31. The molecule has 0 spiro atoms. The van der Waals surface area contributed by atoms with Gasteiger partial charge in [-0.15, -0.1) is 0 Å². The van der Waals surface area contributed by atoms with E-state index in [0.29, 0.717) is 10.5 Å². The van der Waals surface area contributed by atoms with Crippen LogP contribution >= 0.6 is 0 Å². The standard InChI is InChI=1S/C27H34N4O13/c1-12(2)26(41)42-11-13-3-4-16(43-27-22(37)20(35)21(36)23(44-27)25(39)40)14(9-13)30-17(32)7-8-29-24(38)15(10-28)31-18(33)5-6-19(31)34/h3-6,9,12,15,20-23,27,35-37H,7-8,10-11,28H2,1-2H3,(H,29,38)(H,30,32)(H,39,40)/t15-,20?,21?,22?,23?,27?/m0/s1. The van der Waals surface area contributed by atoms with Crippen LogP contribution in [0.15, 0.2) is 30.4 Å². The van der Waals surface area contributed by atoms with E-state index in [9.17, 15) is 49.2 Å². The Kier molecular flexibility index (Phi) is 11.5. The van der Waals surface area contributed by atoms with E-state index in [1.54, 1.807) is 13.8 Å². The number of hydrogen-bond acceptors (Lipinski definition) is 13. The summed E-state index contributed by atoms with van der Waals surface area (Å²) in [6, 6.07) is 2.85. The average Bonchev–Trinajstić information content (AvgIpc) is 3.30. The van der Waals surface area contributed by atoms with Crippen molar-refractivity contribution < 1.29 is 63.4 Å². The van der Waals surface area contributed by atoms with Crippen molar-refractivity contribution in [2.75, 3.05) is 18.4 Å². The predicted octanol–water partition coefficient (Wildman–Crippen LogP) is -2.65. The molecule has 2 aliphatic rings. The van der Waals surface area contributed by atoms with Crippen LogP contribution in [-0.2, 0) is 44.8 Å². The van der Waals surface area contributed by atoms with E-state index < -0.39 is 78.2 Å². The molecular weight excluding hydrogens is 588 g/mol. The SMILES string of the molecule is CC(C)C(=O)OCc1ccc(OC2OC(C(=O)O)C(O)C(O)C2O)c(NC(=O)CCNC(=O)[C@H](CN)N2C(=O)C=CC2=O)c1. The number of carbonyl (C=O) groups is 6. The summed E-state index contributed by atoms with van der Waals surface area (Å²) in [5, 5.41) is 44.6. The molecule has 1 saturated heterocycles. The molecule has 3 rings (SSSR count). The third-order valence-corrected chi connectivity index (χ3v) is 6.56. The first-order chi connectivity index (χ1) is 20.7. The number of amides is 4. The number of nitrogens with one attached hydrogen (secondary N) is 2. The lowest BCUT2D eigenvalue weighted by molar-refractivity contribution is -0.271. The summed E-state index contributed by atoms with van der Waals surface area (Å²) >= 11 is 0. The Morgan fingerprint density at radius 1 is 1.05 bits per heavy atom. The topological polar surface area (TPSA) is 264 Å². The summed E-state index contributed by atoms with van der Waals surface area (Å²) < 4.78 is 15.9. The highest BCUT2D eigenvalue weighted by molar-refractivity contribution is 6.15. The Morgan fingerprint density at radius 3 is 2.30 bits per heavy atom. The summed E-state index contributed by atoms with van der Waals surface area (Å²) in [7, 11) is 0. The molecule has 44 heavy (non-hydrogen) atoms. The maximum Gasteiger partial charge on any atom is 0.335 e. The van der Waals surface area contributed by atoms with E-state index in [1.165, 1.54) is 18.2 Å². The van der Waals surface area contributed by atoms with Crippen LogP contribution in [0.1, 0.15) is 25.8 Å². The number of carboxylic acid groups (broad SMARTS) is 1. The van der Waals surface area contributed by atoms with Gasteiger partial charge in [0.05, 0.1) is 11.6 Å². The summed E-state index contributed by atoms with van der Waals surface area (Å²) in [6.45, 7) is 2.51.